The van der Waals surface area contributed by atoms with Crippen LogP contribution in [0.15, 0.2) is 24.3 Å². The van der Waals surface area contributed by atoms with E-state index in [0.29, 0.717) is 6.04 Å². The Morgan fingerprint density at radius 2 is 2.28 bits per heavy atom. The minimum Gasteiger partial charge on any atom is -0.385 e. The fourth-order valence-electron chi connectivity index (χ4n) is 2.35. The molecule has 0 aromatic heterocycles. The van der Waals surface area contributed by atoms with E-state index in [9.17, 15) is 0 Å². The molecule has 0 amide bonds. The number of fused-ring (bicyclic) bond motifs is 1. The predicted molar refractivity (Wildman–Crippen MR) is 72.8 cm³/mol. The third-order valence-corrected chi connectivity index (χ3v) is 3.50. The van der Waals surface area contributed by atoms with Crippen LogP contribution >= 0.6 is 0 Å². The first kappa shape index (κ1) is 13.5. The maximum Gasteiger partial charge on any atom is 0.0952 e. The third-order valence-electron chi connectivity index (χ3n) is 3.50. The highest BCUT2D eigenvalue weighted by Crippen LogP contribution is 2.26. The van der Waals surface area contributed by atoms with E-state index in [1.165, 1.54) is 11.1 Å². The lowest BCUT2D eigenvalue weighted by atomic mass is 9.97. The number of methoxy groups -OCH3 is 1. The highest BCUT2D eigenvalue weighted by Gasteiger charge is 2.20. The fourth-order valence-corrected chi connectivity index (χ4v) is 2.35. The Hall–Kier alpha value is -0.900. The summed E-state index contributed by atoms with van der Waals surface area (Å²) < 4.78 is 11.0. The van der Waals surface area contributed by atoms with Crippen LogP contribution in [0.5, 0.6) is 0 Å². The van der Waals surface area contributed by atoms with Crippen LogP contribution in [0.4, 0.5) is 0 Å². The molecule has 0 bridgehead atoms. The topological polar surface area (TPSA) is 30.5 Å². The molecule has 1 aliphatic rings. The molecule has 18 heavy (non-hydrogen) atoms. The van der Waals surface area contributed by atoms with Crippen LogP contribution in [0.3, 0.4) is 0 Å². The van der Waals surface area contributed by atoms with E-state index in [1.807, 2.05) is 0 Å². The molecule has 0 aliphatic carbocycles. The van der Waals surface area contributed by atoms with Gasteiger partial charge in [-0.15, -0.1) is 0 Å². The number of hydrogen-bond acceptors (Lipinski definition) is 3. The first-order valence-corrected chi connectivity index (χ1v) is 6.73. The molecule has 2 unspecified atom stereocenters. The molecule has 2 rings (SSSR count). The second-order valence-electron chi connectivity index (χ2n) is 4.90. The lowest BCUT2D eigenvalue weighted by Crippen LogP contribution is -2.33. The van der Waals surface area contributed by atoms with Crippen molar-refractivity contribution in [1.29, 1.82) is 0 Å². The van der Waals surface area contributed by atoms with Gasteiger partial charge in [-0.25, -0.2) is 0 Å². The van der Waals surface area contributed by atoms with Gasteiger partial charge >= 0.3 is 0 Å². The van der Waals surface area contributed by atoms with Crippen molar-refractivity contribution < 1.29 is 9.47 Å². The first-order valence-electron chi connectivity index (χ1n) is 6.73. The van der Waals surface area contributed by atoms with Gasteiger partial charge in [-0.05, 0) is 30.9 Å². The Balaban J connectivity index is 1.87. The summed E-state index contributed by atoms with van der Waals surface area (Å²) >= 11 is 0. The molecule has 1 N–H and O–H groups in total. The van der Waals surface area contributed by atoms with Gasteiger partial charge in [0.05, 0.1) is 12.7 Å². The second kappa shape index (κ2) is 6.88. The SMILES string of the molecule is COCCC(C)NCC1OCCc2ccccc21. The lowest BCUT2D eigenvalue weighted by molar-refractivity contribution is 0.0402. The van der Waals surface area contributed by atoms with Crippen molar-refractivity contribution in [3.8, 4) is 0 Å². The Morgan fingerprint density at radius 3 is 3.11 bits per heavy atom. The summed E-state index contributed by atoms with van der Waals surface area (Å²) in [5.41, 5.74) is 2.77. The summed E-state index contributed by atoms with van der Waals surface area (Å²) in [5, 5.41) is 3.52. The zero-order valence-electron chi connectivity index (χ0n) is 11.3. The minimum atomic E-state index is 0.194. The summed E-state index contributed by atoms with van der Waals surface area (Å²) in [7, 11) is 1.74. The van der Waals surface area contributed by atoms with Crippen molar-refractivity contribution in [2.75, 3.05) is 26.9 Å². The standard InChI is InChI=1S/C15H23NO2/c1-12(7-9-17-2)16-11-15-14-6-4-3-5-13(14)8-10-18-15/h3-6,12,15-16H,7-11H2,1-2H3. The van der Waals surface area contributed by atoms with Crippen LogP contribution in [-0.2, 0) is 15.9 Å². The average molecular weight is 249 g/mol. The summed E-state index contributed by atoms with van der Waals surface area (Å²) in [6.45, 7) is 4.70. The Kier molecular flexibility index (Phi) is 5.17. The Labute approximate surface area is 109 Å². The van der Waals surface area contributed by atoms with Gasteiger partial charge in [0, 0.05) is 26.3 Å². The van der Waals surface area contributed by atoms with E-state index in [2.05, 4.69) is 36.5 Å². The van der Waals surface area contributed by atoms with Crippen LogP contribution in [0.1, 0.15) is 30.6 Å². The van der Waals surface area contributed by atoms with Gasteiger partial charge in [0.2, 0.25) is 0 Å². The number of rotatable bonds is 6. The van der Waals surface area contributed by atoms with Crippen LogP contribution in [0.2, 0.25) is 0 Å². The van der Waals surface area contributed by atoms with E-state index in [-0.39, 0.29) is 6.10 Å². The minimum absolute atomic E-state index is 0.194. The van der Waals surface area contributed by atoms with Gasteiger partial charge in [-0.2, -0.15) is 0 Å². The lowest BCUT2D eigenvalue weighted by Gasteiger charge is -2.27. The number of benzene rings is 1. The van der Waals surface area contributed by atoms with Crippen molar-refractivity contribution in [3.63, 3.8) is 0 Å². The molecule has 1 aromatic carbocycles. The summed E-state index contributed by atoms with van der Waals surface area (Å²) in [6, 6.07) is 9.05. The second-order valence-corrected chi connectivity index (χ2v) is 4.90. The van der Waals surface area contributed by atoms with Gasteiger partial charge in [0.1, 0.15) is 0 Å². The molecule has 0 radical (unpaired) electrons. The molecular weight excluding hydrogens is 226 g/mol. The van der Waals surface area contributed by atoms with Crippen molar-refractivity contribution in [2.45, 2.75) is 31.9 Å². The molecule has 3 heteroatoms. The van der Waals surface area contributed by atoms with Gasteiger partial charge in [-0.3, -0.25) is 0 Å². The molecule has 1 aromatic rings. The molecule has 0 spiro atoms. The molecular formula is C15H23NO2. The van der Waals surface area contributed by atoms with Crippen LogP contribution in [-0.4, -0.2) is 32.9 Å². The van der Waals surface area contributed by atoms with Gasteiger partial charge < -0.3 is 14.8 Å². The maximum absolute atomic E-state index is 5.87. The molecule has 2 atom stereocenters. The monoisotopic (exact) mass is 249 g/mol. The summed E-state index contributed by atoms with van der Waals surface area (Å²) in [4.78, 5) is 0. The number of ether oxygens (including phenoxy) is 2. The van der Waals surface area contributed by atoms with Crippen molar-refractivity contribution >= 4 is 0 Å². The van der Waals surface area contributed by atoms with E-state index < -0.39 is 0 Å². The van der Waals surface area contributed by atoms with E-state index in [4.69, 9.17) is 9.47 Å². The van der Waals surface area contributed by atoms with E-state index >= 15 is 0 Å². The molecule has 0 saturated carbocycles. The first-order chi connectivity index (χ1) is 8.81. The zero-order valence-corrected chi connectivity index (χ0v) is 11.3. The van der Waals surface area contributed by atoms with Crippen molar-refractivity contribution in [2.24, 2.45) is 0 Å². The number of hydrogen-bond donors (Lipinski definition) is 1. The Bertz CT molecular complexity index is 367. The average Bonchev–Trinajstić information content (AvgIpc) is 2.42. The maximum atomic E-state index is 5.87. The third kappa shape index (κ3) is 3.55. The van der Waals surface area contributed by atoms with E-state index in [0.717, 1.165) is 32.6 Å². The highest BCUT2D eigenvalue weighted by molar-refractivity contribution is 5.31. The van der Waals surface area contributed by atoms with Gasteiger partial charge in [-0.1, -0.05) is 24.3 Å². The number of nitrogens with one attached hydrogen (secondary N) is 1. The van der Waals surface area contributed by atoms with Crippen LogP contribution in [0.25, 0.3) is 0 Å². The summed E-state index contributed by atoms with van der Waals surface area (Å²) in [5.74, 6) is 0. The van der Waals surface area contributed by atoms with Crippen LogP contribution in [0, 0.1) is 0 Å². The fraction of sp³-hybridized carbons (Fsp3) is 0.600. The van der Waals surface area contributed by atoms with E-state index in [1.54, 1.807) is 7.11 Å². The highest BCUT2D eigenvalue weighted by atomic mass is 16.5. The van der Waals surface area contributed by atoms with Crippen LogP contribution < -0.4 is 5.32 Å². The molecule has 1 aliphatic heterocycles. The zero-order chi connectivity index (χ0) is 12.8. The van der Waals surface area contributed by atoms with Gasteiger partial charge in [0.15, 0.2) is 0 Å². The Morgan fingerprint density at radius 1 is 1.44 bits per heavy atom. The van der Waals surface area contributed by atoms with Gasteiger partial charge in [0.25, 0.3) is 0 Å². The normalized spacial score (nSPS) is 20.4. The molecule has 0 fully saturated rings. The quantitative estimate of drug-likeness (QED) is 0.839. The smallest absolute Gasteiger partial charge is 0.0952 e. The van der Waals surface area contributed by atoms with Crippen molar-refractivity contribution in [3.05, 3.63) is 35.4 Å². The molecule has 3 nitrogen and oxygen atoms in total. The summed E-state index contributed by atoms with van der Waals surface area (Å²) in [6.07, 6.45) is 2.26. The molecule has 1 heterocycles. The molecule has 0 saturated heterocycles. The molecule has 100 valence electrons. The predicted octanol–water partition coefficient (Wildman–Crippen LogP) is 2.32. The largest absolute Gasteiger partial charge is 0.385 e. The van der Waals surface area contributed by atoms with Crippen molar-refractivity contribution in [1.82, 2.24) is 5.32 Å².